The summed E-state index contributed by atoms with van der Waals surface area (Å²) in [5, 5.41) is 8.48. The van der Waals surface area contributed by atoms with E-state index >= 15 is 0 Å². The minimum Gasteiger partial charge on any atom is -0.478 e. The van der Waals surface area contributed by atoms with Crippen molar-refractivity contribution in [1.29, 1.82) is 0 Å². The van der Waals surface area contributed by atoms with Crippen LogP contribution < -0.4 is 0 Å². The van der Waals surface area contributed by atoms with Crippen LogP contribution in [0.5, 0.6) is 0 Å². The SMILES string of the molecule is Cl.O=C(O)/C=C/c1ccc(-n2ccnc2)cc1. The first-order chi connectivity index (χ1) is 7.75. The van der Waals surface area contributed by atoms with Crippen LogP contribution in [0.25, 0.3) is 11.8 Å². The fourth-order valence-electron chi connectivity index (χ4n) is 1.34. The summed E-state index contributed by atoms with van der Waals surface area (Å²) in [5.74, 6) is -0.946. The van der Waals surface area contributed by atoms with Crippen LogP contribution in [0.3, 0.4) is 0 Å². The monoisotopic (exact) mass is 250 g/mol. The number of aromatic nitrogens is 2. The summed E-state index contributed by atoms with van der Waals surface area (Å²) in [6.45, 7) is 0. The van der Waals surface area contributed by atoms with Crippen molar-refractivity contribution in [3.05, 3.63) is 54.6 Å². The van der Waals surface area contributed by atoms with Crippen molar-refractivity contribution < 1.29 is 9.90 Å². The summed E-state index contributed by atoms with van der Waals surface area (Å²) in [6.07, 6.45) is 7.94. The lowest BCUT2D eigenvalue weighted by Crippen LogP contribution is -1.89. The van der Waals surface area contributed by atoms with E-state index in [-0.39, 0.29) is 12.4 Å². The number of imidazole rings is 1. The second-order valence-corrected chi connectivity index (χ2v) is 3.23. The Labute approximate surface area is 105 Å². The minimum atomic E-state index is -0.946. The van der Waals surface area contributed by atoms with Crippen molar-refractivity contribution in [1.82, 2.24) is 9.55 Å². The molecule has 0 unspecified atom stereocenters. The number of halogens is 1. The molecule has 0 atom stereocenters. The molecule has 0 radical (unpaired) electrons. The lowest BCUT2D eigenvalue weighted by atomic mass is 10.2. The zero-order chi connectivity index (χ0) is 11.4. The second kappa shape index (κ2) is 5.86. The summed E-state index contributed by atoms with van der Waals surface area (Å²) in [7, 11) is 0. The van der Waals surface area contributed by atoms with E-state index in [1.54, 1.807) is 18.6 Å². The average molecular weight is 251 g/mol. The van der Waals surface area contributed by atoms with Crippen LogP contribution in [0.4, 0.5) is 0 Å². The molecule has 2 rings (SSSR count). The number of carboxylic acid groups (broad SMARTS) is 1. The Bertz CT molecular complexity index is 504. The smallest absolute Gasteiger partial charge is 0.328 e. The van der Waals surface area contributed by atoms with Crippen molar-refractivity contribution >= 4 is 24.5 Å². The van der Waals surface area contributed by atoms with Crippen LogP contribution in [-0.4, -0.2) is 20.6 Å². The highest BCUT2D eigenvalue weighted by molar-refractivity contribution is 5.85. The third-order valence-corrected chi connectivity index (χ3v) is 2.11. The predicted octanol–water partition coefficient (Wildman–Crippen LogP) is 2.39. The molecule has 4 nitrogen and oxygen atoms in total. The molecule has 1 aromatic heterocycles. The Morgan fingerprint density at radius 3 is 2.53 bits per heavy atom. The van der Waals surface area contributed by atoms with Crippen LogP contribution in [0.1, 0.15) is 5.56 Å². The number of hydrogen-bond donors (Lipinski definition) is 1. The quantitative estimate of drug-likeness (QED) is 0.851. The second-order valence-electron chi connectivity index (χ2n) is 3.23. The van der Waals surface area contributed by atoms with Crippen molar-refractivity contribution in [2.45, 2.75) is 0 Å². The Morgan fingerprint density at radius 2 is 2.00 bits per heavy atom. The fraction of sp³-hybridized carbons (Fsp3) is 0. The molecule has 0 saturated heterocycles. The molecule has 1 heterocycles. The highest BCUT2D eigenvalue weighted by atomic mass is 35.5. The maximum atomic E-state index is 10.3. The molecule has 0 aliphatic rings. The molecule has 0 bridgehead atoms. The molecular weight excluding hydrogens is 240 g/mol. The van der Waals surface area contributed by atoms with Gasteiger partial charge in [-0.25, -0.2) is 9.78 Å². The van der Waals surface area contributed by atoms with Gasteiger partial charge in [-0.2, -0.15) is 0 Å². The highest BCUT2D eigenvalue weighted by Gasteiger charge is 1.94. The molecule has 1 N–H and O–H groups in total. The number of nitrogens with zero attached hydrogens (tertiary/aromatic N) is 2. The van der Waals surface area contributed by atoms with Gasteiger partial charge >= 0.3 is 5.97 Å². The van der Waals surface area contributed by atoms with Gasteiger partial charge in [0, 0.05) is 24.2 Å². The van der Waals surface area contributed by atoms with E-state index in [0.717, 1.165) is 17.3 Å². The number of hydrogen-bond acceptors (Lipinski definition) is 2. The molecule has 88 valence electrons. The van der Waals surface area contributed by atoms with E-state index in [9.17, 15) is 4.79 Å². The molecule has 0 aliphatic heterocycles. The first kappa shape index (κ1) is 13.0. The Balaban J connectivity index is 0.00000144. The highest BCUT2D eigenvalue weighted by Crippen LogP contribution is 2.10. The summed E-state index contributed by atoms with van der Waals surface area (Å²) < 4.78 is 1.88. The van der Waals surface area contributed by atoms with Crippen LogP contribution in [0.15, 0.2) is 49.1 Å². The van der Waals surface area contributed by atoms with Crippen molar-refractivity contribution in [3.63, 3.8) is 0 Å². The Kier molecular flexibility index (Phi) is 4.48. The van der Waals surface area contributed by atoms with Gasteiger partial charge in [0.05, 0.1) is 6.33 Å². The summed E-state index contributed by atoms with van der Waals surface area (Å²) in [5.41, 5.74) is 1.84. The van der Waals surface area contributed by atoms with Gasteiger partial charge in [0.2, 0.25) is 0 Å². The van der Waals surface area contributed by atoms with E-state index in [1.807, 2.05) is 35.0 Å². The Hall–Kier alpha value is -2.07. The molecule has 5 heteroatoms. The van der Waals surface area contributed by atoms with Gasteiger partial charge in [-0.3, -0.25) is 0 Å². The number of aliphatic carboxylic acids is 1. The van der Waals surface area contributed by atoms with Gasteiger partial charge in [0.25, 0.3) is 0 Å². The van der Waals surface area contributed by atoms with E-state index in [0.29, 0.717) is 0 Å². The third kappa shape index (κ3) is 3.46. The first-order valence-electron chi connectivity index (χ1n) is 4.75. The van der Waals surface area contributed by atoms with Gasteiger partial charge < -0.3 is 9.67 Å². The molecule has 17 heavy (non-hydrogen) atoms. The number of carbonyl (C=O) groups is 1. The average Bonchev–Trinajstić information content (AvgIpc) is 2.80. The maximum Gasteiger partial charge on any atom is 0.328 e. The Morgan fingerprint density at radius 1 is 1.29 bits per heavy atom. The van der Waals surface area contributed by atoms with Gasteiger partial charge in [-0.05, 0) is 23.8 Å². The third-order valence-electron chi connectivity index (χ3n) is 2.11. The lowest BCUT2D eigenvalue weighted by molar-refractivity contribution is -0.131. The zero-order valence-corrected chi connectivity index (χ0v) is 9.67. The van der Waals surface area contributed by atoms with Gasteiger partial charge in [0.15, 0.2) is 0 Å². The largest absolute Gasteiger partial charge is 0.478 e. The van der Waals surface area contributed by atoms with Crippen LogP contribution in [0, 0.1) is 0 Å². The molecule has 0 amide bonds. The summed E-state index contributed by atoms with van der Waals surface area (Å²) in [6, 6.07) is 7.52. The maximum absolute atomic E-state index is 10.3. The lowest BCUT2D eigenvalue weighted by Gasteiger charge is -2.01. The van der Waals surface area contributed by atoms with E-state index in [1.165, 1.54) is 0 Å². The fourth-order valence-corrected chi connectivity index (χ4v) is 1.34. The van der Waals surface area contributed by atoms with Crippen LogP contribution in [-0.2, 0) is 4.79 Å². The van der Waals surface area contributed by atoms with Gasteiger partial charge in [-0.15, -0.1) is 12.4 Å². The summed E-state index contributed by atoms with van der Waals surface area (Å²) >= 11 is 0. The number of carboxylic acids is 1. The normalized spacial score (nSPS) is 10.1. The van der Waals surface area contributed by atoms with Crippen LogP contribution >= 0.6 is 12.4 Å². The van der Waals surface area contributed by atoms with Gasteiger partial charge in [0.1, 0.15) is 0 Å². The first-order valence-corrected chi connectivity index (χ1v) is 4.75. The molecule has 0 saturated carbocycles. The molecule has 2 aromatic rings. The zero-order valence-electron chi connectivity index (χ0n) is 8.85. The van der Waals surface area contributed by atoms with Crippen LogP contribution in [0.2, 0.25) is 0 Å². The molecule has 1 aromatic carbocycles. The number of rotatable bonds is 3. The van der Waals surface area contributed by atoms with E-state index < -0.39 is 5.97 Å². The topological polar surface area (TPSA) is 55.1 Å². The predicted molar refractivity (Wildman–Crippen MR) is 67.5 cm³/mol. The van der Waals surface area contributed by atoms with Crippen molar-refractivity contribution in [2.75, 3.05) is 0 Å². The molecule has 0 spiro atoms. The van der Waals surface area contributed by atoms with Crippen molar-refractivity contribution in [2.24, 2.45) is 0 Å². The van der Waals surface area contributed by atoms with E-state index in [4.69, 9.17) is 5.11 Å². The standard InChI is InChI=1S/C12H10N2O2.ClH/c15-12(16)6-3-10-1-4-11(5-2-10)14-8-7-13-9-14;/h1-9H,(H,15,16);1H/b6-3+;. The van der Waals surface area contributed by atoms with E-state index in [2.05, 4.69) is 4.98 Å². The summed E-state index contributed by atoms with van der Waals surface area (Å²) in [4.78, 5) is 14.3. The molecule has 0 fully saturated rings. The van der Waals surface area contributed by atoms with Gasteiger partial charge in [-0.1, -0.05) is 12.1 Å². The molecule has 0 aliphatic carbocycles. The minimum absolute atomic E-state index is 0. The molecular formula is C12H11ClN2O2. The van der Waals surface area contributed by atoms with Crippen molar-refractivity contribution in [3.8, 4) is 5.69 Å². The number of benzene rings is 1.